The number of aryl methyl sites for hydroxylation is 1. The molecule has 0 aliphatic carbocycles. The van der Waals surface area contributed by atoms with E-state index in [4.69, 9.17) is 0 Å². The summed E-state index contributed by atoms with van der Waals surface area (Å²) in [4.78, 5) is 17.8. The van der Waals surface area contributed by atoms with Crippen molar-refractivity contribution in [2.45, 2.75) is 45.2 Å². The van der Waals surface area contributed by atoms with E-state index >= 15 is 0 Å². The normalized spacial score (nSPS) is 19.2. The first-order valence-corrected chi connectivity index (χ1v) is 9.09. The van der Waals surface area contributed by atoms with Crippen molar-refractivity contribution in [3.8, 4) is 0 Å². The van der Waals surface area contributed by atoms with Crippen LogP contribution in [-0.2, 0) is 6.42 Å². The summed E-state index contributed by atoms with van der Waals surface area (Å²) in [5.74, 6) is -0.291. The Labute approximate surface area is 169 Å². The molecule has 144 valence electrons. The number of halogens is 3. The Morgan fingerprint density at radius 3 is 2.69 bits per heavy atom. The number of amides is 1. The standard InChI is InChI=1S/C18H22FN3OS.2ClH/c1-11-15(4-3-9-20-11)22-18(23)17-12(2)21-16(24-17)10-13-5-7-14(19)8-6-13;;/h5-8,11,15,20H,3-4,9-10H2,1-2H3,(H,22,23);2*1H. The molecule has 0 radical (unpaired) electrons. The first kappa shape index (κ1) is 22.8. The van der Waals surface area contributed by atoms with Crippen molar-refractivity contribution in [2.75, 3.05) is 6.54 Å². The average molecular weight is 420 g/mol. The van der Waals surface area contributed by atoms with Crippen LogP contribution < -0.4 is 10.6 Å². The molecule has 4 nitrogen and oxygen atoms in total. The molecule has 2 aromatic rings. The molecule has 1 aliphatic rings. The van der Waals surface area contributed by atoms with Gasteiger partial charge in [0.05, 0.1) is 10.7 Å². The molecule has 0 spiro atoms. The van der Waals surface area contributed by atoms with E-state index in [0.717, 1.165) is 35.7 Å². The highest BCUT2D eigenvalue weighted by Gasteiger charge is 2.24. The van der Waals surface area contributed by atoms with Crippen LogP contribution in [0.3, 0.4) is 0 Å². The Hall–Kier alpha value is -1.21. The maximum absolute atomic E-state index is 13.0. The van der Waals surface area contributed by atoms with Crippen molar-refractivity contribution in [2.24, 2.45) is 0 Å². The van der Waals surface area contributed by atoms with E-state index in [-0.39, 0.29) is 48.6 Å². The Morgan fingerprint density at radius 2 is 2.04 bits per heavy atom. The fraction of sp³-hybridized carbons (Fsp3) is 0.444. The van der Waals surface area contributed by atoms with E-state index in [1.807, 2.05) is 6.92 Å². The minimum Gasteiger partial charge on any atom is -0.347 e. The lowest BCUT2D eigenvalue weighted by atomic mass is 10.00. The molecule has 1 amide bonds. The van der Waals surface area contributed by atoms with Crippen LogP contribution >= 0.6 is 36.2 Å². The number of thiazole rings is 1. The minimum atomic E-state index is -0.246. The number of aromatic nitrogens is 1. The van der Waals surface area contributed by atoms with Crippen LogP contribution in [0.25, 0.3) is 0 Å². The number of carbonyl (C=O) groups excluding carboxylic acids is 1. The van der Waals surface area contributed by atoms with Crippen molar-refractivity contribution in [1.29, 1.82) is 0 Å². The van der Waals surface area contributed by atoms with Crippen LogP contribution in [0, 0.1) is 12.7 Å². The number of rotatable bonds is 4. The molecule has 2 N–H and O–H groups in total. The molecule has 26 heavy (non-hydrogen) atoms. The maximum atomic E-state index is 13.0. The summed E-state index contributed by atoms with van der Waals surface area (Å²) >= 11 is 1.42. The topological polar surface area (TPSA) is 54.0 Å². The number of nitrogens with zero attached hydrogens (tertiary/aromatic N) is 1. The van der Waals surface area contributed by atoms with Crippen molar-refractivity contribution < 1.29 is 9.18 Å². The highest BCUT2D eigenvalue weighted by molar-refractivity contribution is 7.13. The lowest BCUT2D eigenvalue weighted by Gasteiger charge is -2.30. The van der Waals surface area contributed by atoms with Gasteiger partial charge in [-0.2, -0.15) is 0 Å². The van der Waals surface area contributed by atoms with Gasteiger partial charge in [-0.1, -0.05) is 12.1 Å². The Bertz CT molecular complexity index is 724. The summed E-state index contributed by atoms with van der Waals surface area (Å²) in [5, 5.41) is 7.39. The Kier molecular flexibility index (Phi) is 8.96. The first-order valence-electron chi connectivity index (χ1n) is 8.28. The van der Waals surface area contributed by atoms with Gasteiger partial charge in [0.2, 0.25) is 0 Å². The van der Waals surface area contributed by atoms with E-state index < -0.39 is 0 Å². The lowest BCUT2D eigenvalue weighted by Crippen LogP contribution is -2.51. The third kappa shape index (κ3) is 5.64. The number of carbonyl (C=O) groups is 1. The van der Waals surface area contributed by atoms with Gasteiger partial charge in [0.25, 0.3) is 5.91 Å². The van der Waals surface area contributed by atoms with E-state index in [1.165, 1.54) is 23.5 Å². The predicted molar refractivity (Wildman–Crippen MR) is 109 cm³/mol. The van der Waals surface area contributed by atoms with E-state index in [2.05, 4.69) is 22.5 Å². The first-order chi connectivity index (χ1) is 11.5. The van der Waals surface area contributed by atoms with Gasteiger partial charge in [0.15, 0.2) is 0 Å². The summed E-state index contributed by atoms with van der Waals surface area (Å²) in [7, 11) is 0. The summed E-state index contributed by atoms with van der Waals surface area (Å²) < 4.78 is 13.0. The molecular weight excluding hydrogens is 396 g/mol. The zero-order valence-corrected chi connectivity index (χ0v) is 17.2. The molecule has 1 aromatic heterocycles. The zero-order valence-electron chi connectivity index (χ0n) is 14.8. The number of nitrogens with one attached hydrogen (secondary N) is 2. The molecule has 1 fully saturated rings. The molecule has 1 aromatic carbocycles. The number of hydrogen-bond acceptors (Lipinski definition) is 4. The van der Waals surface area contributed by atoms with Gasteiger partial charge in [-0.3, -0.25) is 4.79 Å². The van der Waals surface area contributed by atoms with Crippen LogP contribution in [0.1, 0.15) is 45.7 Å². The maximum Gasteiger partial charge on any atom is 0.263 e. The van der Waals surface area contributed by atoms with Crippen molar-refractivity contribution >= 4 is 42.1 Å². The summed E-state index contributed by atoms with van der Waals surface area (Å²) in [6.45, 7) is 4.97. The van der Waals surface area contributed by atoms with Crippen LogP contribution in [0.5, 0.6) is 0 Å². The minimum absolute atomic E-state index is 0. The Morgan fingerprint density at radius 1 is 1.35 bits per heavy atom. The highest BCUT2D eigenvalue weighted by Crippen LogP contribution is 2.22. The molecule has 2 atom stereocenters. The second kappa shape index (κ2) is 10.2. The monoisotopic (exact) mass is 419 g/mol. The van der Waals surface area contributed by atoms with Gasteiger partial charge in [0, 0.05) is 18.5 Å². The molecule has 0 saturated carbocycles. The summed E-state index contributed by atoms with van der Waals surface area (Å²) in [6, 6.07) is 6.84. The average Bonchev–Trinajstić information content (AvgIpc) is 2.92. The summed E-state index contributed by atoms with van der Waals surface area (Å²) in [5.41, 5.74) is 1.74. The smallest absolute Gasteiger partial charge is 0.263 e. The zero-order chi connectivity index (χ0) is 17.1. The van der Waals surface area contributed by atoms with Crippen LogP contribution in [-0.4, -0.2) is 29.5 Å². The van der Waals surface area contributed by atoms with E-state index in [1.54, 1.807) is 12.1 Å². The Balaban J connectivity index is 0.00000169. The molecule has 2 unspecified atom stereocenters. The fourth-order valence-corrected chi connectivity index (χ4v) is 3.99. The summed E-state index contributed by atoms with van der Waals surface area (Å²) in [6.07, 6.45) is 2.69. The molecule has 3 rings (SSSR count). The molecule has 8 heteroatoms. The molecule has 1 aliphatic heterocycles. The quantitative estimate of drug-likeness (QED) is 0.789. The van der Waals surface area contributed by atoms with Gasteiger partial charge in [-0.05, 0) is 50.9 Å². The van der Waals surface area contributed by atoms with Gasteiger partial charge < -0.3 is 10.6 Å². The molecule has 1 saturated heterocycles. The molecule has 2 heterocycles. The number of piperidine rings is 1. The largest absolute Gasteiger partial charge is 0.347 e. The molecular formula is C18H24Cl2FN3OS. The number of hydrogen-bond donors (Lipinski definition) is 2. The highest BCUT2D eigenvalue weighted by atomic mass is 35.5. The van der Waals surface area contributed by atoms with Crippen molar-refractivity contribution in [1.82, 2.24) is 15.6 Å². The van der Waals surface area contributed by atoms with Gasteiger partial charge >= 0.3 is 0 Å². The van der Waals surface area contributed by atoms with E-state index in [9.17, 15) is 9.18 Å². The van der Waals surface area contributed by atoms with Gasteiger partial charge in [-0.15, -0.1) is 36.2 Å². The lowest BCUT2D eigenvalue weighted by molar-refractivity contribution is 0.0923. The van der Waals surface area contributed by atoms with Crippen molar-refractivity contribution in [3.05, 3.63) is 51.2 Å². The fourth-order valence-electron chi connectivity index (χ4n) is 2.99. The second-order valence-corrected chi connectivity index (χ2v) is 7.37. The predicted octanol–water partition coefficient (Wildman–Crippen LogP) is 3.90. The van der Waals surface area contributed by atoms with E-state index in [0.29, 0.717) is 11.3 Å². The number of benzene rings is 1. The third-order valence-corrected chi connectivity index (χ3v) is 5.55. The van der Waals surface area contributed by atoms with Crippen LogP contribution in [0.2, 0.25) is 0 Å². The molecule has 0 bridgehead atoms. The third-order valence-electron chi connectivity index (χ3n) is 4.39. The second-order valence-electron chi connectivity index (χ2n) is 6.29. The SMILES string of the molecule is Cc1nc(Cc2ccc(F)cc2)sc1C(=O)NC1CCCNC1C.Cl.Cl. The van der Waals surface area contributed by atoms with Crippen LogP contribution in [0.4, 0.5) is 4.39 Å². The van der Waals surface area contributed by atoms with Gasteiger partial charge in [0.1, 0.15) is 10.7 Å². The van der Waals surface area contributed by atoms with Crippen molar-refractivity contribution in [3.63, 3.8) is 0 Å². The van der Waals surface area contributed by atoms with Gasteiger partial charge in [-0.25, -0.2) is 9.37 Å². The van der Waals surface area contributed by atoms with Crippen LogP contribution in [0.15, 0.2) is 24.3 Å².